The summed E-state index contributed by atoms with van der Waals surface area (Å²) < 4.78 is 5.45. The van der Waals surface area contributed by atoms with Crippen LogP contribution in [0.1, 0.15) is 25.2 Å². The molecule has 0 saturated carbocycles. The van der Waals surface area contributed by atoms with Crippen LogP contribution in [0.3, 0.4) is 0 Å². The molecule has 3 rings (SSSR count). The molecule has 2 atom stereocenters. The molecule has 0 aromatic carbocycles. The Kier molecular flexibility index (Phi) is 3.89. The Hall–Kier alpha value is -1.27. The molecule has 6 heteroatoms. The molecule has 0 amide bonds. The Morgan fingerprint density at radius 3 is 3.26 bits per heavy atom. The Morgan fingerprint density at radius 1 is 1.53 bits per heavy atom. The van der Waals surface area contributed by atoms with Crippen molar-refractivity contribution in [2.24, 2.45) is 0 Å². The third kappa shape index (κ3) is 2.69. The smallest absolute Gasteiger partial charge is 0.232 e. The van der Waals surface area contributed by atoms with Gasteiger partial charge >= 0.3 is 0 Å². The van der Waals surface area contributed by atoms with Crippen LogP contribution in [0.15, 0.2) is 22.9 Å². The van der Waals surface area contributed by atoms with Crippen LogP contribution in [-0.4, -0.2) is 39.2 Å². The maximum absolute atomic E-state index is 5.45. The average Bonchev–Trinajstić information content (AvgIpc) is 3.14. The molecule has 1 aliphatic heterocycles. The van der Waals surface area contributed by atoms with E-state index in [0.717, 1.165) is 36.1 Å². The van der Waals surface area contributed by atoms with E-state index < -0.39 is 0 Å². The molecule has 2 N–H and O–H groups in total. The van der Waals surface area contributed by atoms with E-state index in [0.29, 0.717) is 17.8 Å². The van der Waals surface area contributed by atoms with Crippen LogP contribution >= 0.6 is 11.8 Å². The highest BCUT2D eigenvalue weighted by Crippen LogP contribution is 2.32. The Labute approximate surface area is 116 Å². The molecule has 0 spiro atoms. The van der Waals surface area contributed by atoms with Crippen molar-refractivity contribution in [1.29, 1.82) is 0 Å². The van der Waals surface area contributed by atoms with Gasteiger partial charge in [-0.15, -0.1) is 0 Å². The summed E-state index contributed by atoms with van der Waals surface area (Å²) >= 11 is 1.94. The van der Waals surface area contributed by atoms with Crippen molar-refractivity contribution < 1.29 is 4.52 Å². The lowest BCUT2D eigenvalue weighted by molar-refractivity contribution is 0.339. The zero-order chi connectivity index (χ0) is 13.1. The standard InChI is InChI=1S/C13H18N4OS/c1-2-5-14-11-8-19-7-9(11)13-16-12(17-18-13)10-4-3-6-15-10/h3-4,6,9,11,14-15H,2,5,7-8H2,1H3. The third-order valence-corrected chi connectivity index (χ3v) is 4.52. The van der Waals surface area contributed by atoms with Crippen LogP contribution < -0.4 is 5.32 Å². The quantitative estimate of drug-likeness (QED) is 0.878. The molecule has 0 aliphatic carbocycles. The van der Waals surface area contributed by atoms with E-state index in [1.807, 2.05) is 30.1 Å². The highest BCUT2D eigenvalue weighted by Gasteiger charge is 2.33. The first-order valence-electron chi connectivity index (χ1n) is 6.67. The van der Waals surface area contributed by atoms with Gasteiger partial charge in [0.15, 0.2) is 0 Å². The fourth-order valence-corrected chi connectivity index (χ4v) is 3.66. The van der Waals surface area contributed by atoms with E-state index in [4.69, 9.17) is 4.52 Å². The highest BCUT2D eigenvalue weighted by atomic mass is 32.2. The molecule has 102 valence electrons. The van der Waals surface area contributed by atoms with Crippen LogP contribution in [0.25, 0.3) is 11.5 Å². The van der Waals surface area contributed by atoms with E-state index in [2.05, 4.69) is 27.4 Å². The number of nitrogens with one attached hydrogen (secondary N) is 2. The van der Waals surface area contributed by atoms with Crippen molar-refractivity contribution in [2.45, 2.75) is 25.3 Å². The predicted octanol–water partition coefficient (Wildman–Crippen LogP) is 2.26. The number of thioether (sulfide) groups is 1. The Balaban J connectivity index is 1.75. The predicted molar refractivity (Wildman–Crippen MR) is 76.2 cm³/mol. The van der Waals surface area contributed by atoms with E-state index in [1.165, 1.54) is 0 Å². The molecule has 1 saturated heterocycles. The van der Waals surface area contributed by atoms with E-state index in [1.54, 1.807) is 0 Å². The summed E-state index contributed by atoms with van der Waals surface area (Å²) in [6.45, 7) is 3.22. The fourth-order valence-electron chi connectivity index (χ4n) is 2.29. The van der Waals surface area contributed by atoms with Crippen LogP contribution in [0, 0.1) is 0 Å². The summed E-state index contributed by atoms with van der Waals surface area (Å²) in [7, 11) is 0. The number of hydrogen-bond donors (Lipinski definition) is 2. The van der Waals surface area contributed by atoms with Gasteiger partial charge < -0.3 is 14.8 Å². The lowest BCUT2D eigenvalue weighted by atomic mass is 10.0. The summed E-state index contributed by atoms with van der Waals surface area (Å²) in [6, 6.07) is 4.33. The zero-order valence-corrected chi connectivity index (χ0v) is 11.7. The summed E-state index contributed by atoms with van der Waals surface area (Å²) in [5, 5.41) is 7.63. The first-order chi connectivity index (χ1) is 9.38. The molecule has 2 aromatic rings. The molecule has 3 heterocycles. The number of nitrogens with zero attached hydrogens (tertiary/aromatic N) is 2. The van der Waals surface area contributed by atoms with Gasteiger partial charge in [-0.3, -0.25) is 0 Å². The number of rotatable bonds is 5. The van der Waals surface area contributed by atoms with Crippen LogP contribution in [0.4, 0.5) is 0 Å². The second-order valence-corrected chi connectivity index (χ2v) is 5.82. The lowest BCUT2D eigenvalue weighted by Crippen LogP contribution is -2.34. The molecular formula is C13H18N4OS. The van der Waals surface area contributed by atoms with Crippen molar-refractivity contribution in [3.63, 3.8) is 0 Å². The number of H-pyrrole nitrogens is 1. The topological polar surface area (TPSA) is 66.7 Å². The van der Waals surface area contributed by atoms with Crippen molar-refractivity contribution in [3.05, 3.63) is 24.2 Å². The molecule has 1 fully saturated rings. The van der Waals surface area contributed by atoms with Gasteiger partial charge in [0.1, 0.15) is 0 Å². The number of aromatic nitrogens is 3. The van der Waals surface area contributed by atoms with Gasteiger partial charge in [0, 0.05) is 23.7 Å². The summed E-state index contributed by atoms with van der Waals surface area (Å²) in [5.74, 6) is 3.89. The Morgan fingerprint density at radius 2 is 2.47 bits per heavy atom. The lowest BCUT2D eigenvalue weighted by Gasteiger charge is -2.16. The van der Waals surface area contributed by atoms with Crippen molar-refractivity contribution in [3.8, 4) is 11.5 Å². The normalized spacial score (nSPS) is 23.0. The van der Waals surface area contributed by atoms with Gasteiger partial charge in [-0.05, 0) is 25.1 Å². The third-order valence-electron chi connectivity index (χ3n) is 3.33. The largest absolute Gasteiger partial charge is 0.359 e. The highest BCUT2D eigenvalue weighted by molar-refractivity contribution is 7.99. The number of hydrogen-bond acceptors (Lipinski definition) is 5. The molecule has 5 nitrogen and oxygen atoms in total. The summed E-state index contributed by atoms with van der Waals surface area (Å²) in [6.07, 6.45) is 3.01. The minimum atomic E-state index is 0.327. The van der Waals surface area contributed by atoms with Crippen LogP contribution in [0.5, 0.6) is 0 Å². The van der Waals surface area contributed by atoms with E-state index in [-0.39, 0.29) is 0 Å². The maximum atomic E-state index is 5.45. The van der Waals surface area contributed by atoms with Crippen molar-refractivity contribution in [1.82, 2.24) is 20.4 Å². The molecule has 0 radical (unpaired) electrons. The molecule has 2 unspecified atom stereocenters. The van der Waals surface area contributed by atoms with Crippen LogP contribution in [-0.2, 0) is 0 Å². The number of aromatic amines is 1. The van der Waals surface area contributed by atoms with Gasteiger partial charge in [0.25, 0.3) is 0 Å². The molecule has 1 aliphatic rings. The van der Waals surface area contributed by atoms with Crippen molar-refractivity contribution >= 4 is 11.8 Å². The van der Waals surface area contributed by atoms with Gasteiger partial charge in [0.2, 0.25) is 11.7 Å². The van der Waals surface area contributed by atoms with Gasteiger partial charge in [-0.1, -0.05) is 12.1 Å². The zero-order valence-electron chi connectivity index (χ0n) is 10.9. The minimum Gasteiger partial charge on any atom is -0.359 e. The van der Waals surface area contributed by atoms with E-state index in [9.17, 15) is 0 Å². The molecule has 19 heavy (non-hydrogen) atoms. The molecule has 2 aromatic heterocycles. The SMILES string of the molecule is CCCNC1CSCC1c1nc(-c2ccc[nH]2)no1. The second kappa shape index (κ2) is 5.79. The maximum Gasteiger partial charge on any atom is 0.232 e. The van der Waals surface area contributed by atoms with Gasteiger partial charge in [0.05, 0.1) is 11.6 Å². The van der Waals surface area contributed by atoms with Crippen LogP contribution in [0.2, 0.25) is 0 Å². The average molecular weight is 278 g/mol. The Bertz CT molecular complexity index is 510. The monoisotopic (exact) mass is 278 g/mol. The minimum absolute atomic E-state index is 0.327. The fraction of sp³-hybridized carbons (Fsp3) is 0.538. The first kappa shape index (κ1) is 12.7. The molecular weight excluding hydrogens is 260 g/mol. The first-order valence-corrected chi connectivity index (χ1v) is 7.82. The summed E-state index contributed by atoms with van der Waals surface area (Å²) in [4.78, 5) is 7.63. The second-order valence-electron chi connectivity index (χ2n) is 4.74. The van der Waals surface area contributed by atoms with Gasteiger partial charge in [-0.25, -0.2) is 0 Å². The summed E-state index contributed by atoms with van der Waals surface area (Å²) in [5.41, 5.74) is 0.902. The van der Waals surface area contributed by atoms with Crippen molar-refractivity contribution in [2.75, 3.05) is 18.1 Å². The van der Waals surface area contributed by atoms with Gasteiger partial charge in [-0.2, -0.15) is 16.7 Å². The van der Waals surface area contributed by atoms with E-state index >= 15 is 0 Å². The molecule has 0 bridgehead atoms.